The summed E-state index contributed by atoms with van der Waals surface area (Å²) in [6.45, 7) is 9.16. The topological polar surface area (TPSA) is 21.3 Å². The Morgan fingerprint density at radius 3 is 2.60 bits per heavy atom. The van der Waals surface area contributed by atoms with Crippen molar-refractivity contribution in [2.24, 2.45) is 11.8 Å². The van der Waals surface area contributed by atoms with Gasteiger partial charge >= 0.3 is 0 Å². The predicted octanol–water partition coefficient (Wildman–Crippen LogP) is 4.31. The number of hydrogen-bond acceptors (Lipinski definition) is 2. The van der Waals surface area contributed by atoms with Crippen LogP contribution in [0.3, 0.4) is 0 Å². The Morgan fingerprint density at radius 2 is 1.90 bits per heavy atom. The van der Waals surface area contributed by atoms with E-state index in [0.29, 0.717) is 12.1 Å². The van der Waals surface area contributed by atoms with Crippen LogP contribution in [0.5, 0.6) is 5.75 Å². The lowest BCUT2D eigenvalue weighted by molar-refractivity contribution is 0.0623. The van der Waals surface area contributed by atoms with Gasteiger partial charge in [0.1, 0.15) is 11.4 Å². The molecule has 1 heterocycles. The van der Waals surface area contributed by atoms with Gasteiger partial charge < -0.3 is 10.1 Å². The van der Waals surface area contributed by atoms with Crippen LogP contribution in [0.25, 0.3) is 0 Å². The van der Waals surface area contributed by atoms with Gasteiger partial charge in [-0.05, 0) is 44.6 Å². The van der Waals surface area contributed by atoms with Gasteiger partial charge in [-0.3, -0.25) is 0 Å². The third-order valence-electron chi connectivity index (χ3n) is 5.26. The minimum absolute atomic E-state index is 0.0839. The normalized spacial score (nSPS) is 35.4. The molecule has 1 aliphatic carbocycles. The second-order valence-electron chi connectivity index (χ2n) is 7.34. The summed E-state index contributed by atoms with van der Waals surface area (Å²) >= 11 is 0. The molecule has 110 valence electrons. The Bertz CT molecular complexity index is 482. The molecule has 0 spiro atoms. The summed E-state index contributed by atoms with van der Waals surface area (Å²) in [5.41, 5.74) is 1.25. The first-order valence-electron chi connectivity index (χ1n) is 8.00. The van der Waals surface area contributed by atoms with E-state index >= 15 is 0 Å². The number of para-hydroxylation sites is 1. The van der Waals surface area contributed by atoms with Crippen LogP contribution in [-0.2, 0) is 0 Å². The molecule has 4 atom stereocenters. The molecule has 0 amide bonds. The molecule has 0 aromatic heterocycles. The fraction of sp³-hybridized carbons (Fsp3) is 0.667. The van der Waals surface area contributed by atoms with E-state index in [-0.39, 0.29) is 5.60 Å². The molecule has 2 heteroatoms. The van der Waals surface area contributed by atoms with Crippen molar-refractivity contribution in [3.63, 3.8) is 0 Å². The van der Waals surface area contributed by atoms with Gasteiger partial charge in [-0.25, -0.2) is 0 Å². The molecule has 0 bridgehead atoms. The van der Waals surface area contributed by atoms with Crippen molar-refractivity contribution in [1.82, 2.24) is 5.32 Å². The molecule has 2 nitrogen and oxygen atoms in total. The highest BCUT2D eigenvalue weighted by molar-refractivity contribution is 5.38. The monoisotopic (exact) mass is 273 g/mol. The van der Waals surface area contributed by atoms with Crippen LogP contribution in [0.15, 0.2) is 24.3 Å². The van der Waals surface area contributed by atoms with Gasteiger partial charge in [-0.2, -0.15) is 0 Å². The lowest BCUT2D eigenvalue weighted by Crippen LogP contribution is -2.43. The van der Waals surface area contributed by atoms with Crippen LogP contribution in [-0.4, -0.2) is 11.6 Å². The molecular formula is C18H27NO. The lowest BCUT2D eigenvalue weighted by atomic mass is 9.88. The van der Waals surface area contributed by atoms with Crippen LogP contribution < -0.4 is 10.1 Å². The molecule has 0 radical (unpaired) electrons. The molecule has 4 unspecified atom stereocenters. The van der Waals surface area contributed by atoms with Crippen molar-refractivity contribution in [3.05, 3.63) is 29.8 Å². The molecule has 1 N–H and O–H groups in total. The third-order valence-corrected chi connectivity index (χ3v) is 5.26. The minimum Gasteiger partial charge on any atom is -0.487 e. The summed E-state index contributed by atoms with van der Waals surface area (Å²) in [4.78, 5) is 0. The summed E-state index contributed by atoms with van der Waals surface area (Å²) in [5, 5.41) is 3.93. The number of benzene rings is 1. The van der Waals surface area contributed by atoms with Gasteiger partial charge in [0.2, 0.25) is 0 Å². The SMILES string of the molecule is CC1CCC(NC2CC(C)(C)Oc3ccccc32)C1C. The van der Waals surface area contributed by atoms with Crippen molar-refractivity contribution in [3.8, 4) is 5.75 Å². The Labute approximate surface area is 122 Å². The van der Waals surface area contributed by atoms with Crippen LogP contribution in [0.1, 0.15) is 58.6 Å². The predicted molar refractivity (Wildman–Crippen MR) is 83.0 cm³/mol. The Kier molecular flexibility index (Phi) is 3.53. The third kappa shape index (κ3) is 2.58. The zero-order chi connectivity index (χ0) is 14.3. The van der Waals surface area contributed by atoms with Crippen molar-refractivity contribution in [1.29, 1.82) is 0 Å². The van der Waals surface area contributed by atoms with Crippen LogP contribution in [0.4, 0.5) is 0 Å². The molecule has 0 saturated heterocycles. The first-order chi connectivity index (χ1) is 9.46. The van der Waals surface area contributed by atoms with Crippen LogP contribution in [0, 0.1) is 11.8 Å². The second-order valence-corrected chi connectivity index (χ2v) is 7.34. The molecule has 1 aromatic rings. The first-order valence-corrected chi connectivity index (χ1v) is 8.00. The standard InChI is InChI=1S/C18H27NO/c1-12-9-10-15(13(12)2)19-16-11-18(3,4)20-17-8-6-5-7-14(16)17/h5-8,12-13,15-16,19H,9-11H2,1-4H3. The second kappa shape index (κ2) is 5.07. The van der Waals surface area contributed by atoms with E-state index in [1.54, 1.807) is 0 Å². The number of fused-ring (bicyclic) bond motifs is 1. The fourth-order valence-corrected chi connectivity index (χ4v) is 3.81. The highest BCUT2D eigenvalue weighted by Crippen LogP contribution is 2.41. The van der Waals surface area contributed by atoms with Crippen molar-refractivity contribution < 1.29 is 4.74 Å². The summed E-state index contributed by atoms with van der Waals surface area (Å²) in [6.07, 6.45) is 3.71. The fourth-order valence-electron chi connectivity index (χ4n) is 3.81. The maximum Gasteiger partial charge on any atom is 0.124 e. The van der Waals surface area contributed by atoms with E-state index < -0.39 is 0 Å². The van der Waals surface area contributed by atoms with Crippen LogP contribution in [0.2, 0.25) is 0 Å². The van der Waals surface area contributed by atoms with E-state index in [9.17, 15) is 0 Å². The highest BCUT2D eigenvalue weighted by Gasteiger charge is 2.37. The summed E-state index contributed by atoms with van der Waals surface area (Å²) in [5.74, 6) is 2.67. The summed E-state index contributed by atoms with van der Waals surface area (Å²) < 4.78 is 6.12. The molecule has 1 aliphatic heterocycles. The molecule has 20 heavy (non-hydrogen) atoms. The number of ether oxygens (including phenoxy) is 1. The molecule has 3 rings (SSSR count). The Morgan fingerprint density at radius 1 is 1.15 bits per heavy atom. The van der Waals surface area contributed by atoms with Crippen molar-refractivity contribution >= 4 is 0 Å². The Balaban J connectivity index is 1.82. The zero-order valence-corrected chi connectivity index (χ0v) is 13.1. The maximum atomic E-state index is 6.12. The lowest BCUT2D eigenvalue weighted by Gasteiger charge is -2.39. The van der Waals surface area contributed by atoms with E-state index in [4.69, 9.17) is 4.74 Å². The number of nitrogens with one attached hydrogen (secondary N) is 1. The van der Waals surface area contributed by atoms with Crippen molar-refractivity contribution in [2.75, 3.05) is 0 Å². The number of rotatable bonds is 2. The average Bonchev–Trinajstić information content (AvgIpc) is 2.69. The van der Waals surface area contributed by atoms with E-state index in [0.717, 1.165) is 24.0 Å². The average molecular weight is 273 g/mol. The largest absolute Gasteiger partial charge is 0.487 e. The Hall–Kier alpha value is -1.02. The van der Waals surface area contributed by atoms with Gasteiger partial charge in [-0.1, -0.05) is 32.0 Å². The van der Waals surface area contributed by atoms with Gasteiger partial charge in [-0.15, -0.1) is 0 Å². The minimum atomic E-state index is -0.0839. The van der Waals surface area contributed by atoms with Gasteiger partial charge in [0.15, 0.2) is 0 Å². The molecule has 1 saturated carbocycles. The highest BCUT2D eigenvalue weighted by atomic mass is 16.5. The van der Waals surface area contributed by atoms with E-state index in [1.165, 1.54) is 18.4 Å². The number of hydrogen-bond donors (Lipinski definition) is 1. The maximum absolute atomic E-state index is 6.12. The smallest absolute Gasteiger partial charge is 0.124 e. The van der Waals surface area contributed by atoms with Gasteiger partial charge in [0, 0.05) is 24.1 Å². The quantitative estimate of drug-likeness (QED) is 0.867. The molecule has 1 fully saturated rings. The molecule has 2 aliphatic rings. The summed E-state index contributed by atoms with van der Waals surface area (Å²) in [6, 6.07) is 9.58. The van der Waals surface area contributed by atoms with Gasteiger partial charge in [0.25, 0.3) is 0 Å². The van der Waals surface area contributed by atoms with Gasteiger partial charge in [0.05, 0.1) is 0 Å². The van der Waals surface area contributed by atoms with E-state index in [1.807, 2.05) is 0 Å². The molecular weight excluding hydrogens is 246 g/mol. The van der Waals surface area contributed by atoms with Crippen molar-refractivity contribution in [2.45, 2.75) is 64.6 Å². The molecule has 1 aromatic carbocycles. The van der Waals surface area contributed by atoms with E-state index in [2.05, 4.69) is 57.3 Å². The van der Waals surface area contributed by atoms with Crippen LogP contribution >= 0.6 is 0 Å². The summed E-state index contributed by atoms with van der Waals surface area (Å²) in [7, 11) is 0. The zero-order valence-electron chi connectivity index (χ0n) is 13.1. The first kappa shape index (κ1) is 13.9.